The molecule has 15 heavy (non-hydrogen) atoms. The lowest BCUT2D eigenvalue weighted by molar-refractivity contribution is 0.419. The Labute approximate surface area is 91.3 Å². The van der Waals surface area contributed by atoms with E-state index >= 15 is 0 Å². The molecule has 0 amide bonds. The molecule has 1 aliphatic rings. The van der Waals surface area contributed by atoms with E-state index in [2.05, 4.69) is 15.5 Å². The van der Waals surface area contributed by atoms with Crippen LogP contribution in [-0.4, -0.2) is 16.2 Å². The third-order valence-electron chi connectivity index (χ3n) is 2.35. The molecule has 2 heterocycles. The number of aromatic nitrogens is 2. The number of hydrogen-bond acceptors (Lipinski definition) is 5. The lowest BCUT2D eigenvalue weighted by Gasteiger charge is -1.95. The molecule has 0 aliphatic heterocycles. The van der Waals surface area contributed by atoms with Gasteiger partial charge in [-0.25, -0.2) is 4.98 Å². The molecule has 0 saturated heterocycles. The lowest BCUT2D eigenvalue weighted by atomic mass is 10.3. The summed E-state index contributed by atoms with van der Waals surface area (Å²) in [6, 6.07) is 2.65. The summed E-state index contributed by atoms with van der Waals surface area (Å²) < 4.78 is 5.22. The van der Waals surface area contributed by atoms with Crippen LogP contribution in [0.4, 0.5) is 0 Å². The summed E-state index contributed by atoms with van der Waals surface area (Å²) in [6.07, 6.45) is 4.35. The Morgan fingerprint density at radius 3 is 3.20 bits per heavy atom. The first-order valence-corrected chi connectivity index (χ1v) is 5.88. The molecule has 0 atom stereocenters. The van der Waals surface area contributed by atoms with Gasteiger partial charge < -0.3 is 9.84 Å². The molecule has 5 heteroatoms. The predicted octanol–water partition coefficient (Wildman–Crippen LogP) is 2.05. The average molecular weight is 221 g/mol. The average Bonchev–Trinajstić information content (AvgIpc) is 2.78. The van der Waals surface area contributed by atoms with Crippen molar-refractivity contribution in [3.05, 3.63) is 23.3 Å². The fourth-order valence-electron chi connectivity index (χ4n) is 1.38. The summed E-state index contributed by atoms with van der Waals surface area (Å²) in [6.45, 7) is 0.791. The van der Waals surface area contributed by atoms with Crippen LogP contribution in [0.15, 0.2) is 22.2 Å². The highest BCUT2D eigenvalue weighted by Gasteiger charge is 2.20. The van der Waals surface area contributed by atoms with Gasteiger partial charge in [0.2, 0.25) is 0 Å². The molecule has 1 saturated carbocycles. The van der Waals surface area contributed by atoms with E-state index < -0.39 is 0 Å². The second-order valence-corrected chi connectivity index (χ2v) is 4.57. The Morgan fingerprint density at radius 1 is 1.53 bits per heavy atom. The number of thiazole rings is 1. The molecule has 4 nitrogen and oxygen atoms in total. The molecule has 1 fully saturated rings. The van der Waals surface area contributed by atoms with Gasteiger partial charge in [0.15, 0.2) is 10.8 Å². The summed E-state index contributed by atoms with van der Waals surface area (Å²) >= 11 is 1.56. The van der Waals surface area contributed by atoms with Crippen LogP contribution < -0.4 is 5.32 Å². The van der Waals surface area contributed by atoms with Gasteiger partial charge >= 0.3 is 0 Å². The van der Waals surface area contributed by atoms with Gasteiger partial charge in [-0.1, -0.05) is 5.16 Å². The number of rotatable bonds is 4. The number of nitrogens with zero attached hydrogens (tertiary/aromatic N) is 2. The maximum atomic E-state index is 5.22. The van der Waals surface area contributed by atoms with Gasteiger partial charge in [-0.05, 0) is 12.8 Å². The Morgan fingerprint density at radius 2 is 2.47 bits per heavy atom. The van der Waals surface area contributed by atoms with Gasteiger partial charge in [0, 0.05) is 30.2 Å². The smallest absolute Gasteiger partial charge is 0.195 e. The van der Waals surface area contributed by atoms with Gasteiger partial charge in [0.1, 0.15) is 0 Å². The van der Waals surface area contributed by atoms with Crippen LogP contribution in [0.3, 0.4) is 0 Å². The Kier molecular flexibility index (Phi) is 2.26. The van der Waals surface area contributed by atoms with E-state index in [-0.39, 0.29) is 0 Å². The van der Waals surface area contributed by atoms with Crippen molar-refractivity contribution in [3.8, 4) is 10.8 Å². The molecule has 0 radical (unpaired) electrons. The van der Waals surface area contributed by atoms with E-state index in [4.69, 9.17) is 4.52 Å². The number of nitrogens with one attached hydrogen (secondary N) is 1. The highest BCUT2D eigenvalue weighted by atomic mass is 32.1. The maximum Gasteiger partial charge on any atom is 0.195 e. The van der Waals surface area contributed by atoms with Crippen molar-refractivity contribution in [2.75, 3.05) is 0 Å². The molecule has 78 valence electrons. The zero-order valence-electron chi connectivity index (χ0n) is 8.14. The first-order chi connectivity index (χ1) is 7.42. The van der Waals surface area contributed by atoms with Gasteiger partial charge in [-0.2, -0.15) is 0 Å². The summed E-state index contributed by atoms with van der Waals surface area (Å²) in [5.74, 6) is 0.762. The first kappa shape index (κ1) is 9.06. The molecular weight excluding hydrogens is 210 g/mol. The molecule has 2 aromatic heterocycles. The van der Waals surface area contributed by atoms with E-state index in [1.165, 1.54) is 12.8 Å². The Balaban J connectivity index is 1.69. The fourth-order valence-corrected chi connectivity index (χ4v) is 1.96. The monoisotopic (exact) mass is 221 g/mol. The third-order valence-corrected chi connectivity index (χ3v) is 3.14. The normalized spacial score (nSPS) is 15.7. The van der Waals surface area contributed by atoms with Crippen LogP contribution in [-0.2, 0) is 6.54 Å². The molecule has 0 spiro atoms. The van der Waals surface area contributed by atoms with E-state index in [1.54, 1.807) is 17.5 Å². The SMILES string of the molecule is c1csc(-c2cc(CNC3CC3)no2)n1. The van der Waals surface area contributed by atoms with E-state index in [9.17, 15) is 0 Å². The Hall–Kier alpha value is -1.20. The molecule has 2 aromatic rings. The van der Waals surface area contributed by atoms with E-state index in [0.29, 0.717) is 6.04 Å². The van der Waals surface area contributed by atoms with Crippen molar-refractivity contribution >= 4 is 11.3 Å². The zero-order valence-corrected chi connectivity index (χ0v) is 8.96. The first-order valence-electron chi connectivity index (χ1n) is 5.00. The van der Waals surface area contributed by atoms with Crippen molar-refractivity contribution in [1.82, 2.24) is 15.5 Å². The topological polar surface area (TPSA) is 51.0 Å². The molecule has 0 unspecified atom stereocenters. The van der Waals surface area contributed by atoms with Crippen LogP contribution in [0.2, 0.25) is 0 Å². The van der Waals surface area contributed by atoms with Crippen molar-refractivity contribution in [2.24, 2.45) is 0 Å². The van der Waals surface area contributed by atoms with Crippen molar-refractivity contribution in [2.45, 2.75) is 25.4 Å². The van der Waals surface area contributed by atoms with E-state index in [0.717, 1.165) is 23.0 Å². The summed E-state index contributed by atoms with van der Waals surface area (Å²) in [4.78, 5) is 4.17. The second-order valence-electron chi connectivity index (χ2n) is 3.67. The highest BCUT2D eigenvalue weighted by Crippen LogP contribution is 2.23. The van der Waals surface area contributed by atoms with Crippen LogP contribution in [0, 0.1) is 0 Å². The summed E-state index contributed by atoms with van der Waals surface area (Å²) in [7, 11) is 0. The van der Waals surface area contributed by atoms with Crippen molar-refractivity contribution < 1.29 is 4.52 Å². The predicted molar refractivity (Wildman–Crippen MR) is 57.5 cm³/mol. The minimum atomic E-state index is 0.699. The van der Waals surface area contributed by atoms with Crippen LogP contribution in [0.1, 0.15) is 18.5 Å². The van der Waals surface area contributed by atoms with Crippen LogP contribution in [0.25, 0.3) is 10.8 Å². The molecular formula is C10H11N3OS. The van der Waals surface area contributed by atoms with Crippen molar-refractivity contribution in [1.29, 1.82) is 0 Å². The summed E-state index contributed by atoms with van der Waals surface area (Å²) in [5, 5.41) is 10.2. The molecule has 1 N–H and O–H groups in total. The van der Waals surface area contributed by atoms with Gasteiger partial charge in [-0.3, -0.25) is 0 Å². The molecule has 0 bridgehead atoms. The standard InChI is InChI=1S/C10H11N3OS/c1-2-7(1)12-6-8-5-9(14-13-8)10-11-3-4-15-10/h3-5,7,12H,1-2,6H2. The summed E-state index contributed by atoms with van der Waals surface area (Å²) in [5.41, 5.74) is 0.951. The fraction of sp³-hybridized carbons (Fsp3) is 0.400. The minimum absolute atomic E-state index is 0.699. The van der Waals surface area contributed by atoms with E-state index in [1.807, 2.05) is 11.4 Å². The largest absolute Gasteiger partial charge is 0.353 e. The Bertz CT molecular complexity index is 433. The quantitative estimate of drug-likeness (QED) is 0.858. The lowest BCUT2D eigenvalue weighted by Crippen LogP contribution is -2.15. The second kappa shape index (κ2) is 3.75. The van der Waals surface area contributed by atoms with Gasteiger partial charge in [0.25, 0.3) is 0 Å². The third kappa shape index (κ3) is 2.08. The maximum absolute atomic E-state index is 5.22. The minimum Gasteiger partial charge on any atom is -0.353 e. The van der Waals surface area contributed by atoms with Crippen LogP contribution >= 0.6 is 11.3 Å². The van der Waals surface area contributed by atoms with Crippen LogP contribution in [0.5, 0.6) is 0 Å². The number of hydrogen-bond donors (Lipinski definition) is 1. The van der Waals surface area contributed by atoms with Gasteiger partial charge in [0.05, 0.1) is 5.69 Å². The van der Waals surface area contributed by atoms with Crippen molar-refractivity contribution in [3.63, 3.8) is 0 Å². The molecule has 1 aliphatic carbocycles. The van der Waals surface area contributed by atoms with Gasteiger partial charge in [-0.15, -0.1) is 11.3 Å². The zero-order chi connectivity index (χ0) is 10.1. The molecule has 3 rings (SSSR count). The highest BCUT2D eigenvalue weighted by molar-refractivity contribution is 7.13. The molecule has 0 aromatic carbocycles.